The van der Waals surface area contributed by atoms with Gasteiger partial charge in [0.2, 0.25) is 0 Å². The van der Waals surface area contributed by atoms with Gasteiger partial charge < -0.3 is 8.85 Å². The molecule has 2 nitrogen and oxygen atoms in total. The molecule has 0 aromatic heterocycles. The lowest BCUT2D eigenvalue weighted by atomic mass is 9.89. The molecule has 0 radical (unpaired) electrons. The van der Waals surface area contributed by atoms with E-state index in [1.165, 1.54) is 51.4 Å². The van der Waals surface area contributed by atoms with E-state index in [2.05, 4.69) is 20.8 Å². The topological polar surface area (TPSA) is 18.5 Å². The van der Waals surface area contributed by atoms with Gasteiger partial charge in [-0.05, 0) is 39.5 Å². The second-order valence-electron chi connectivity index (χ2n) is 6.28. The zero-order chi connectivity index (χ0) is 13.1. The summed E-state index contributed by atoms with van der Waals surface area (Å²) in [4.78, 5) is 0. The Labute approximate surface area is 114 Å². The molecule has 2 fully saturated rings. The van der Waals surface area contributed by atoms with Crippen LogP contribution in [-0.4, -0.2) is 21.8 Å². The van der Waals surface area contributed by atoms with Gasteiger partial charge in [0.15, 0.2) is 0 Å². The maximum Gasteiger partial charge on any atom is 0.347 e. The average Bonchev–Trinajstić information content (AvgIpc) is 2.28. The number of hydrogen-bond donors (Lipinski definition) is 0. The van der Waals surface area contributed by atoms with Crippen LogP contribution in [0.5, 0.6) is 0 Å². The fourth-order valence-electron chi connectivity index (χ4n) is 4.02. The SMILES string of the molecule is CCO[Si](OCC)(C1CCC1)C1(C)CCCCC1. The van der Waals surface area contributed by atoms with Crippen molar-refractivity contribution in [3.05, 3.63) is 0 Å². The Balaban J connectivity index is 2.24. The normalized spacial score (nSPS) is 24.8. The lowest BCUT2D eigenvalue weighted by Crippen LogP contribution is -2.58. The highest BCUT2D eigenvalue weighted by molar-refractivity contribution is 6.72. The molecule has 0 heterocycles. The van der Waals surface area contributed by atoms with Crippen molar-refractivity contribution >= 4 is 8.56 Å². The van der Waals surface area contributed by atoms with E-state index in [1.807, 2.05) is 0 Å². The third-order valence-electron chi connectivity index (χ3n) is 5.16. The molecule has 0 aromatic carbocycles. The van der Waals surface area contributed by atoms with Gasteiger partial charge in [0.05, 0.1) is 0 Å². The first kappa shape index (κ1) is 14.5. The number of rotatable bonds is 6. The minimum absolute atomic E-state index is 0.363. The first-order valence-electron chi connectivity index (χ1n) is 7.96. The molecule has 0 N–H and O–H groups in total. The highest BCUT2D eigenvalue weighted by Gasteiger charge is 2.60. The lowest BCUT2D eigenvalue weighted by Gasteiger charge is -2.53. The van der Waals surface area contributed by atoms with E-state index in [0.717, 1.165) is 18.8 Å². The van der Waals surface area contributed by atoms with Crippen molar-refractivity contribution in [2.24, 2.45) is 0 Å². The minimum Gasteiger partial charge on any atom is -0.394 e. The van der Waals surface area contributed by atoms with Gasteiger partial charge in [0.1, 0.15) is 0 Å². The van der Waals surface area contributed by atoms with Crippen LogP contribution in [0.1, 0.15) is 72.1 Å². The number of hydrogen-bond acceptors (Lipinski definition) is 2. The lowest BCUT2D eigenvalue weighted by molar-refractivity contribution is 0.118. The maximum atomic E-state index is 6.43. The summed E-state index contributed by atoms with van der Waals surface area (Å²) in [6.45, 7) is 8.43. The van der Waals surface area contributed by atoms with Gasteiger partial charge >= 0.3 is 8.56 Å². The highest BCUT2D eigenvalue weighted by Crippen LogP contribution is 2.59. The van der Waals surface area contributed by atoms with Crippen LogP contribution >= 0.6 is 0 Å². The van der Waals surface area contributed by atoms with Crippen LogP contribution in [0.2, 0.25) is 10.6 Å². The molecule has 0 bridgehead atoms. The molecule has 0 saturated heterocycles. The molecular weight excluding hydrogens is 240 g/mol. The molecule has 2 aliphatic carbocycles. The van der Waals surface area contributed by atoms with Crippen LogP contribution in [0.4, 0.5) is 0 Å². The largest absolute Gasteiger partial charge is 0.394 e. The standard InChI is InChI=1S/C15H30O2Si/c1-4-16-18(17-5-2,14-10-9-11-14)15(3)12-7-6-8-13-15/h14H,4-13H2,1-3H3. The Bertz CT molecular complexity index is 251. The maximum absolute atomic E-state index is 6.43. The van der Waals surface area contributed by atoms with Gasteiger partial charge in [-0.15, -0.1) is 0 Å². The summed E-state index contributed by atoms with van der Waals surface area (Å²) in [7, 11) is -2.04. The van der Waals surface area contributed by atoms with Gasteiger partial charge in [-0.3, -0.25) is 0 Å². The van der Waals surface area contributed by atoms with Crippen molar-refractivity contribution in [3.8, 4) is 0 Å². The third-order valence-corrected chi connectivity index (χ3v) is 10.4. The Hall–Kier alpha value is 0.137. The zero-order valence-corrected chi connectivity index (χ0v) is 13.5. The summed E-state index contributed by atoms with van der Waals surface area (Å²) >= 11 is 0. The molecule has 106 valence electrons. The summed E-state index contributed by atoms with van der Waals surface area (Å²) in [5.41, 5.74) is 0.764. The van der Waals surface area contributed by atoms with Crippen molar-refractivity contribution in [2.45, 2.75) is 82.7 Å². The highest BCUT2D eigenvalue weighted by atomic mass is 28.4. The fraction of sp³-hybridized carbons (Fsp3) is 1.00. The molecule has 0 unspecified atom stereocenters. The quantitative estimate of drug-likeness (QED) is 0.647. The molecule has 0 aliphatic heterocycles. The second kappa shape index (κ2) is 6.06. The van der Waals surface area contributed by atoms with E-state index < -0.39 is 8.56 Å². The molecule has 0 spiro atoms. The molecular formula is C15H30O2Si. The Morgan fingerprint density at radius 3 is 1.89 bits per heavy atom. The van der Waals surface area contributed by atoms with E-state index in [0.29, 0.717) is 5.04 Å². The van der Waals surface area contributed by atoms with Gasteiger partial charge in [0.25, 0.3) is 0 Å². The first-order valence-corrected chi connectivity index (χ1v) is 9.86. The summed E-state index contributed by atoms with van der Waals surface area (Å²) in [6.07, 6.45) is 10.9. The average molecular weight is 270 g/mol. The Morgan fingerprint density at radius 2 is 1.50 bits per heavy atom. The summed E-state index contributed by atoms with van der Waals surface area (Å²) in [5, 5.41) is 0.363. The molecule has 18 heavy (non-hydrogen) atoms. The van der Waals surface area contributed by atoms with Crippen LogP contribution in [0.15, 0.2) is 0 Å². The van der Waals surface area contributed by atoms with Crippen molar-refractivity contribution < 1.29 is 8.85 Å². The van der Waals surface area contributed by atoms with Crippen LogP contribution in [0.25, 0.3) is 0 Å². The smallest absolute Gasteiger partial charge is 0.347 e. The van der Waals surface area contributed by atoms with Gasteiger partial charge in [0, 0.05) is 23.8 Å². The van der Waals surface area contributed by atoms with Gasteiger partial charge in [-0.1, -0.05) is 32.6 Å². The second-order valence-corrected chi connectivity index (χ2v) is 10.2. The predicted molar refractivity (Wildman–Crippen MR) is 78.1 cm³/mol. The van der Waals surface area contributed by atoms with E-state index in [1.54, 1.807) is 0 Å². The van der Waals surface area contributed by atoms with Crippen LogP contribution in [-0.2, 0) is 8.85 Å². The molecule has 0 aromatic rings. The minimum atomic E-state index is -2.04. The monoisotopic (exact) mass is 270 g/mol. The van der Waals surface area contributed by atoms with Crippen LogP contribution in [0.3, 0.4) is 0 Å². The fourth-order valence-corrected chi connectivity index (χ4v) is 9.33. The summed E-state index contributed by atoms with van der Waals surface area (Å²) in [6, 6.07) is 0. The van der Waals surface area contributed by atoms with Crippen LogP contribution < -0.4 is 0 Å². The summed E-state index contributed by atoms with van der Waals surface area (Å²) in [5.74, 6) is 0. The van der Waals surface area contributed by atoms with E-state index in [9.17, 15) is 0 Å². The Morgan fingerprint density at radius 1 is 0.944 bits per heavy atom. The van der Waals surface area contributed by atoms with E-state index >= 15 is 0 Å². The van der Waals surface area contributed by atoms with Crippen molar-refractivity contribution in [2.75, 3.05) is 13.2 Å². The van der Waals surface area contributed by atoms with Crippen molar-refractivity contribution in [1.29, 1.82) is 0 Å². The molecule has 2 aliphatic rings. The van der Waals surface area contributed by atoms with E-state index in [4.69, 9.17) is 8.85 Å². The van der Waals surface area contributed by atoms with Crippen molar-refractivity contribution in [1.82, 2.24) is 0 Å². The summed E-state index contributed by atoms with van der Waals surface area (Å²) < 4.78 is 12.9. The Kier molecular flexibility index (Phi) is 4.90. The molecule has 2 saturated carbocycles. The zero-order valence-electron chi connectivity index (χ0n) is 12.5. The molecule has 0 amide bonds. The molecule has 0 atom stereocenters. The molecule has 3 heteroatoms. The van der Waals surface area contributed by atoms with Gasteiger partial charge in [-0.2, -0.15) is 0 Å². The first-order chi connectivity index (χ1) is 8.68. The molecule has 2 rings (SSSR count). The van der Waals surface area contributed by atoms with E-state index in [-0.39, 0.29) is 0 Å². The van der Waals surface area contributed by atoms with Crippen molar-refractivity contribution in [3.63, 3.8) is 0 Å². The van der Waals surface area contributed by atoms with Gasteiger partial charge in [-0.25, -0.2) is 0 Å². The predicted octanol–water partition coefficient (Wildman–Crippen LogP) is 4.78. The van der Waals surface area contributed by atoms with Crippen LogP contribution in [0, 0.1) is 0 Å². The third kappa shape index (κ3) is 2.41.